The van der Waals surface area contributed by atoms with E-state index < -0.39 is 11.6 Å². The van der Waals surface area contributed by atoms with E-state index in [-0.39, 0.29) is 110 Å². The fourth-order valence-corrected chi connectivity index (χ4v) is 9.48. The van der Waals surface area contributed by atoms with E-state index in [2.05, 4.69) is 35.5 Å². The average Bonchev–Trinajstić information content (AvgIpc) is 4.51. The van der Waals surface area contributed by atoms with Gasteiger partial charge in [-0.1, -0.05) is 61.0 Å². The maximum atomic E-state index is 14.8. The van der Waals surface area contributed by atoms with Crippen molar-refractivity contribution in [1.82, 2.24) is 35.5 Å². The third-order valence-electron chi connectivity index (χ3n) is 13.8. The van der Waals surface area contributed by atoms with Gasteiger partial charge in [-0.15, -0.1) is 0 Å². The number of amides is 2. The fraction of sp³-hybridized carbons (Fsp3) is 0.273. The molecule has 0 spiro atoms. The van der Waals surface area contributed by atoms with E-state index in [9.17, 15) is 41.9 Å². The van der Waals surface area contributed by atoms with Gasteiger partial charge in [0.25, 0.3) is 11.8 Å². The molecule has 1 saturated heterocycles. The maximum absolute atomic E-state index is 14.8. The molecule has 1 atom stereocenters. The molecule has 1 fully saturated rings. The molecule has 442 valence electrons. The van der Waals surface area contributed by atoms with Crippen LogP contribution in [0.1, 0.15) is 94.1 Å². The summed E-state index contributed by atoms with van der Waals surface area (Å²) in [7, 11) is 1.41. The first kappa shape index (κ1) is 63.1. The highest BCUT2D eigenvalue weighted by Crippen LogP contribution is 2.29. The first-order valence-electron chi connectivity index (χ1n) is 27.4. The van der Waals surface area contributed by atoms with Gasteiger partial charge in [0.05, 0.1) is 41.0 Å². The van der Waals surface area contributed by atoms with Crippen LogP contribution in [0.4, 0.5) is 13.2 Å². The Bertz CT molecular complexity index is 3660. The van der Waals surface area contributed by atoms with E-state index >= 15 is 0 Å². The Morgan fingerprint density at radius 1 is 0.600 bits per heavy atom. The number of hydrogen-bond acceptors (Lipinski definition) is 12. The van der Waals surface area contributed by atoms with Crippen LogP contribution < -0.4 is 20.1 Å². The fourth-order valence-electron chi connectivity index (χ4n) is 9.48. The lowest BCUT2D eigenvalue weighted by atomic mass is 10.0. The van der Waals surface area contributed by atoms with Crippen molar-refractivity contribution in [2.45, 2.75) is 85.6 Å². The second kappa shape index (κ2) is 30.2. The molecular formula is C66H68F3N7O9. The average molecular weight is 1160 g/mol. The number of carbonyl (C=O) groups is 6. The van der Waals surface area contributed by atoms with E-state index in [1.54, 1.807) is 91.3 Å². The SMILES string of the molecule is C.CC(=O)CCNC(=O)c1c[nH]c(-c2cc(Oc3ccc(CC(=O)Cc4cc(C)ccc4F)c(F)c3)ccn2)c1.COC(=O)C1CCCN1CCCNC(=O)c1c[nH]c(-c2cc(Oc3ccc(CC(=O)Cc4cc(C)ccc4F)cc3)ccn2)c1. The number of Topliss-reactive ketones (excluding diaryl/α,β-unsaturated/α-hetero) is 3. The number of nitrogens with one attached hydrogen (secondary N) is 4. The molecule has 0 saturated carbocycles. The highest BCUT2D eigenvalue weighted by Gasteiger charge is 2.31. The zero-order valence-corrected chi connectivity index (χ0v) is 47.0. The zero-order valence-electron chi connectivity index (χ0n) is 47.0. The van der Waals surface area contributed by atoms with Crippen molar-refractivity contribution in [3.8, 4) is 45.8 Å². The summed E-state index contributed by atoms with van der Waals surface area (Å²) in [4.78, 5) is 89.9. The summed E-state index contributed by atoms with van der Waals surface area (Å²) in [6, 6.07) is 30.7. The Balaban J connectivity index is 0.000000243. The molecule has 4 aromatic heterocycles. The van der Waals surface area contributed by atoms with Crippen LogP contribution in [0.2, 0.25) is 0 Å². The minimum absolute atomic E-state index is 0. The van der Waals surface area contributed by atoms with Crippen molar-refractivity contribution in [3.63, 3.8) is 0 Å². The van der Waals surface area contributed by atoms with Gasteiger partial charge in [0.1, 0.15) is 63.8 Å². The van der Waals surface area contributed by atoms with Crippen LogP contribution in [0.25, 0.3) is 22.8 Å². The Kier molecular flexibility index (Phi) is 22.4. The monoisotopic (exact) mass is 1160 g/mol. The van der Waals surface area contributed by atoms with Crippen LogP contribution in [0.5, 0.6) is 23.0 Å². The van der Waals surface area contributed by atoms with Crippen LogP contribution in [-0.2, 0) is 49.6 Å². The molecule has 8 aromatic rings. The number of benzene rings is 4. The molecule has 4 N–H and O–H groups in total. The minimum Gasteiger partial charge on any atom is -0.468 e. The number of nitrogens with zero attached hydrogens (tertiary/aromatic N) is 3. The second-order valence-corrected chi connectivity index (χ2v) is 20.5. The number of methoxy groups -OCH3 is 1. The van der Waals surface area contributed by atoms with Crippen LogP contribution in [0.3, 0.4) is 0 Å². The Morgan fingerprint density at radius 3 is 1.67 bits per heavy atom. The van der Waals surface area contributed by atoms with Gasteiger partial charge in [-0.2, -0.15) is 0 Å². The van der Waals surface area contributed by atoms with Gasteiger partial charge in [-0.3, -0.25) is 43.6 Å². The number of likely N-dealkylation sites (tertiary alicyclic amines) is 1. The smallest absolute Gasteiger partial charge is 0.323 e. The number of rotatable bonds is 24. The van der Waals surface area contributed by atoms with Gasteiger partial charge in [-0.25, -0.2) is 13.2 Å². The number of ketones is 3. The number of pyridine rings is 2. The van der Waals surface area contributed by atoms with E-state index in [0.717, 1.165) is 42.5 Å². The predicted octanol–water partition coefficient (Wildman–Crippen LogP) is 11.6. The molecule has 19 heteroatoms. The highest BCUT2D eigenvalue weighted by molar-refractivity contribution is 5.96. The van der Waals surface area contributed by atoms with Gasteiger partial charge in [0.2, 0.25) is 0 Å². The van der Waals surface area contributed by atoms with Gasteiger partial charge in [0, 0.05) is 94.7 Å². The van der Waals surface area contributed by atoms with Crippen LogP contribution in [0, 0.1) is 31.3 Å². The van der Waals surface area contributed by atoms with E-state index in [1.165, 1.54) is 50.7 Å². The van der Waals surface area contributed by atoms with Gasteiger partial charge >= 0.3 is 5.97 Å². The molecule has 16 nitrogen and oxygen atoms in total. The number of aromatic nitrogens is 4. The zero-order chi connectivity index (χ0) is 59.7. The molecule has 0 aliphatic carbocycles. The van der Waals surface area contributed by atoms with Crippen molar-refractivity contribution >= 4 is 35.1 Å². The van der Waals surface area contributed by atoms with E-state index in [4.69, 9.17) is 14.2 Å². The molecule has 4 aromatic carbocycles. The molecule has 9 rings (SSSR count). The van der Waals surface area contributed by atoms with Gasteiger partial charge < -0.3 is 34.8 Å². The summed E-state index contributed by atoms with van der Waals surface area (Å²) < 4.78 is 59.5. The van der Waals surface area contributed by atoms with E-state index in [0.29, 0.717) is 69.8 Å². The quantitative estimate of drug-likeness (QED) is 0.0328. The minimum atomic E-state index is -0.607. The first-order valence-corrected chi connectivity index (χ1v) is 27.4. The predicted molar refractivity (Wildman–Crippen MR) is 316 cm³/mol. The molecule has 5 heterocycles. The molecule has 1 aliphatic heterocycles. The lowest BCUT2D eigenvalue weighted by Gasteiger charge is -2.22. The van der Waals surface area contributed by atoms with Crippen LogP contribution >= 0.6 is 0 Å². The Morgan fingerprint density at radius 2 is 1.12 bits per heavy atom. The summed E-state index contributed by atoms with van der Waals surface area (Å²) in [6.45, 7) is 7.46. The number of carbonyl (C=O) groups excluding carboxylic acids is 6. The molecule has 2 amide bonds. The second-order valence-electron chi connectivity index (χ2n) is 20.5. The summed E-state index contributed by atoms with van der Waals surface area (Å²) in [5.41, 5.74) is 6.69. The largest absolute Gasteiger partial charge is 0.468 e. The molecule has 85 heavy (non-hydrogen) atoms. The first-order chi connectivity index (χ1) is 40.5. The maximum Gasteiger partial charge on any atom is 0.323 e. The van der Waals surface area contributed by atoms with Crippen molar-refractivity contribution in [2.24, 2.45) is 0 Å². The lowest BCUT2D eigenvalue weighted by Crippen LogP contribution is -2.38. The third-order valence-corrected chi connectivity index (χ3v) is 13.8. The molecule has 0 radical (unpaired) electrons. The lowest BCUT2D eigenvalue weighted by molar-refractivity contribution is -0.145. The number of aromatic amines is 2. The number of halogens is 3. The summed E-state index contributed by atoms with van der Waals surface area (Å²) in [5.74, 6) is -0.759. The number of aryl methyl sites for hydroxylation is 2. The van der Waals surface area contributed by atoms with Crippen molar-refractivity contribution in [2.75, 3.05) is 33.3 Å². The van der Waals surface area contributed by atoms with Crippen molar-refractivity contribution < 1.29 is 56.1 Å². The molecule has 1 unspecified atom stereocenters. The number of hydrogen-bond donors (Lipinski definition) is 4. The number of esters is 1. The third kappa shape index (κ3) is 18.3. The van der Waals surface area contributed by atoms with Crippen molar-refractivity contribution in [3.05, 3.63) is 202 Å². The van der Waals surface area contributed by atoms with Crippen molar-refractivity contribution in [1.29, 1.82) is 0 Å². The summed E-state index contributed by atoms with van der Waals surface area (Å²) in [6.07, 6.45) is 9.03. The Labute approximate surface area is 491 Å². The van der Waals surface area contributed by atoms with E-state index in [1.807, 2.05) is 26.0 Å². The number of ether oxygens (including phenoxy) is 3. The standard InChI is InChI=1S/C35H37FN4O5.C30H27F2N3O4.CH4/c1-23-6-11-30(36)25(17-23)19-27(41)18-24-7-9-28(10-8-24)45-29-12-14-37-32(21-29)31-20-26(22-39-31)34(42)38-13-4-16-40-15-3-5-33(40)35(43)44-2;1-18-3-6-26(31)21(11-18)13-23(37)12-20-4-5-24(15-27(20)32)39-25-8-10-33-29(16-25)28-14-22(17-35-28)30(38)34-9-7-19(2)36;/h6-12,14,17,20-22,33,39H,3-5,13,15-16,18-19H2,1-2H3,(H,38,42);3-6,8,10-11,14-17,35H,7,9,12-13H2,1-2H3,(H,34,38);1H4. The molecular weight excluding hydrogens is 1090 g/mol. The normalized spacial score (nSPS) is 12.7. The number of H-pyrrole nitrogens is 2. The van der Waals surface area contributed by atoms with Crippen LogP contribution in [0.15, 0.2) is 140 Å². The van der Waals surface area contributed by atoms with Gasteiger partial charge in [0.15, 0.2) is 0 Å². The molecule has 1 aliphatic rings. The summed E-state index contributed by atoms with van der Waals surface area (Å²) in [5, 5.41) is 5.62. The highest BCUT2D eigenvalue weighted by atomic mass is 19.1. The Hall–Kier alpha value is -9.49. The molecule has 0 bridgehead atoms. The van der Waals surface area contributed by atoms with Gasteiger partial charge in [-0.05, 0) is 123 Å². The topological polar surface area (TPSA) is 215 Å². The summed E-state index contributed by atoms with van der Waals surface area (Å²) >= 11 is 0. The van der Waals surface area contributed by atoms with Crippen LogP contribution in [-0.4, -0.2) is 99.3 Å².